The predicted molar refractivity (Wildman–Crippen MR) is 103 cm³/mol. The van der Waals surface area contributed by atoms with Crippen LogP contribution in [0.5, 0.6) is 0 Å². The highest BCUT2D eigenvalue weighted by molar-refractivity contribution is 4.87. The third kappa shape index (κ3) is 4.87. The van der Waals surface area contributed by atoms with E-state index in [9.17, 15) is 0 Å². The lowest BCUT2D eigenvalue weighted by molar-refractivity contribution is 0.0116. The molecule has 0 atom stereocenters. The predicted octanol–water partition coefficient (Wildman–Crippen LogP) is 6.77. The SMILES string of the molecule is C=CCC1CCC(C2CCC(C3CCC(OCC)CC3)CC2)CC1. The Morgan fingerprint density at radius 2 is 1.12 bits per heavy atom. The molecule has 0 N–H and O–H groups in total. The Bertz CT molecular complexity index is 352. The van der Waals surface area contributed by atoms with Gasteiger partial charge in [-0.2, -0.15) is 0 Å². The summed E-state index contributed by atoms with van der Waals surface area (Å²) in [4.78, 5) is 0. The van der Waals surface area contributed by atoms with Gasteiger partial charge in [-0.15, -0.1) is 6.58 Å². The first kappa shape index (κ1) is 18.5. The normalized spacial score (nSPS) is 41.0. The molecular weight excluding hydrogens is 292 g/mol. The minimum Gasteiger partial charge on any atom is -0.379 e. The second-order valence-corrected chi connectivity index (χ2v) is 8.97. The van der Waals surface area contributed by atoms with E-state index < -0.39 is 0 Å². The van der Waals surface area contributed by atoms with Crippen molar-refractivity contribution < 1.29 is 4.74 Å². The van der Waals surface area contributed by atoms with Gasteiger partial charge in [-0.05, 0) is 120 Å². The van der Waals surface area contributed by atoms with Crippen molar-refractivity contribution >= 4 is 0 Å². The van der Waals surface area contributed by atoms with E-state index in [1.165, 1.54) is 83.5 Å². The zero-order chi connectivity index (χ0) is 16.8. The first-order valence-electron chi connectivity index (χ1n) is 11.0. The molecule has 1 nitrogen and oxygen atoms in total. The summed E-state index contributed by atoms with van der Waals surface area (Å²) in [6.07, 6.45) is 21.6. The summed E-state index contributed by atoms with van der Waals surface area (Å²) in [5.74, 6) is 5.13. The highest BCUT2D eigenvalue weighted by atomic mass is 16.5. The van der Waals surface area contributed by atoms with Crippen LogP contribution in [0.25, 0.3) is 0 Å². The number of rotatable bonds is 6. The van der Waals surface area contributed by atoms with Crippen molar-refractivity contribution in [3.63, 3.8) is 0 Å². The molecule has 138 valence electrons. The summed E-state index contributed by atoms with van der Waals surface area (Å²) in [6, 6.07) is 0. The Labute approximate surface area is 150 Å². The lowest BCUT2D eigenvalue weighted by atomic mass is 9.65. The Kier molecular flexibility index (Phi) is 7.25. The summed E-state index contributed by atoms with van der Waals surface area (Å²) in [5, 5.41) is 0. The zero-order valence-electron chi connectivity index (χ0n) is 16.1. The topological polar surface area (TPSA) is 9.23 Å². The maximum atomic E-state index is 5.83. The van der Waals surface area contributed by atoms with E-state index in [0.717, 1.165) is 36.2 Å². The fraction of sp³-hybridized carbons (Fsp3) is 0.913. The Morgan fingerprint density at radius 1 is 0.708 bits per heavy atom. The molecule has 3 fully saturated rings. The fourth-order valence-electron chi connectivity index (χ4n) is 6.18. The van der Waals surface area contributed by atoms with Gasteiger partial charge in [0.2, 0.25) is 0 Å². The van der Waals surface area contributed by atoms with Crippen LogP contribution in [0.2, 0.25) is 0 Å². The summed E-state index contributed by atoms with van der Waals surface area (Å²) in [7, 11) is 0. The number of hydrogen-bond donors (Lipinski definition) is 0. The van der Waals surface area contributed by atoms with Gasteiger partial charge in [0.1, 0.15) is 0 Å². The second kappa shape index (κ2) is 9.41. The quantitative estimate of drug-likeness (QED) is 0.488. The Hall–Kier alpha value is -0.300. The number of allylic oxidation sites excluding steroid dienone is 1. The molecule has 3 aliphatic carbocycles. The van der Waals surface area contributed by atoms with Crippen LogP contribution >= 0.6 is 0 Å². The summed E-state index contributed by atoms with van der Waals surface area (Å²) in [5.41, 5.74) is 0. The molecule has 3 rings (SSSR count). The van der Waals surface area contributed by atoms with Crippen LogP contribution in [0.1, 0.15) is 90.4 Å². The van der Waals surface area contributed by atoms with Crippen molar-refractivity contribution in [1.29, 1.82) is 0 Å². The van der Waals surface area contributed by atoms with Crippen LogP contribution in [0.15, 0.2) is 12.7 Å². The van der Waals surface area contributed by atoms with Crippen molar-refractivity contribution in [3.8, 4) is 0 Å². The summed E-state index contributed by atoms with van der Waals surface area (Å²) >= 11 is 0. The van der Waals surface area contributed by atoms with Crippen molar-refractivity contribution in [2.24, 2.45) is 29.6 Å². The van der Waals surface area contributed by atoms with Crippen molar-refractivity contribution in [2.75, 3.05) is 6.61 Å². The van der Waals surface area contributed by atoms with E-state index in [4.69, 9.17) is 4.74 Å². The van der Waals surface area contributed by atoms with E-state index >= 15 is 0 Å². The van der Waals surface area contributed by atoms with E-state index in [1.807, 2.05) is 0 Å². The highest BCUT2D eigenvalue weighted by Crippen LogP contribution is 2.45. The Balaban J connectivity index is 1.36. The van der Waals surface area contributed by atoms with Crippen LogP contribution in [0, 0.1) is 29.6 Å². The average Bonchev–Trinajstić information content (AvgIpc) is 2.64. The molecule has 3 aliphatic rings. The first-order chi connectivity index (χ1) is 11.8. The largest absolute Gasteiger partial charge is 0.379 e. The van der Waals surface area contributed by atoms with Gasteiger partial charge in [0.15, 0.2) is 0 Å². The lowest BCUT2D eigenvalue weighted by Gasteiger charge is -2.41. The molecule has 0 aromatic carbocycles. The summed E-state index contributed by atoms with van der Waals surface area (Å²) in [6.45, 7) is 6.96. The van der Waals surface area contributed by atoms with Crippen LogP contribution in [-0.2, 0) is 4.74 Å². The first-order valence-corrected chi connectivity index (χ1v) is 11.0. The minimum atomic E-state index is 0.577. The highest BCUT2D eigenvalue weighted by Gasteiger charge is 2.34. The fourth-order valence-corrected chi connectivity index (χ4v) is 6.18. The lowest BCUT2D eigenvalue weighted by Crippen LogP contribution is -2.31. The van der Waals surface area contributed by atoms with Crippen LogP contribution in [0.3, 0.4) is 0 Å². The molecule has 0 saturated heterocycles. The van der Waals surface area contributed by atoms with E-state index in [-0.39, 0.29) is 0 Å². The average molecular weight is 333 g/mol. The van der Waals surface area contributed by atoms with Crippen molar-refractivity contribution in [3.05, 3.63) is 12.7 Å². The molecule has 3 saturated carbocycles. The molecule has 0 radical (unpaired) electrons. The van der Waals surface area contributed by atoms with Gasteiger partial charge in [0.25, 0.3) is 0 Å². The Morgan fingerprint density at radius 3 is 1.54 bits per heavy atom. The zero-order valence-corrected chi connectivity index (χ0v) is 16.1. The van der Waals surface area contributed by atoms with Crippen LogP contribution in [-0.4, -0.2) is 12.7 Å². The number of ether oxygens (including phenoxy) is 1. The van der Waals surface area contributed by atoms with Gasteiger partial charge >= 0.3 is 0 Å². The van der Waals surface area contributed by atoms with Crippen LogP contribution < -0.4 is 0 Å². The molecule has 0 aromatic heterocycles. The van der Waals surface area contributed by atoms with E-state index in [0.29, 0.717) is 6.10 Å². The molecular formula is C23H40O. The summed E-state index contributed by atoms with van der Waals surface area (Å²) < 4.78 is 5.83. The second-order valence-electron chi connectivity index (χ2n) is 8.97. The van der Waals surface area contributed by atoms with E-state index in [2.05, 4.69) is 19.6 Å². The maximum absolute atomic E-state index is 5.83. The molecule has 24 heavy (non-hydrogen) atoms. The van der Waals surface area contributed by atoms with Gasteiger partial charge in [-0.25, -0.2) is 0 Å². The minimum absolute atomic E-state index is 0.577. The molecule has 0 aliphatic heterocycles. The smallest absolute Gasteiger partial charge is 0.0575 e. The third-order valence-corrected chi connectivity index (χ3v) is 7.66. The molecule has 0 spiro atoms. The molecule has 0 heterocycles. The van der Waals surface area contributed by atoms with E-state index in [1.54, 1.807) is 0 Å². The third-order valence-electron chi connectivity index (χ3n) is 7.66. The van der Waals surface area contributed by atoms with Crippen molar-refractivity contribution in [2.45, 2.75) is 96.5 Å². The monoisotopic (exact) mass is 332 g/mol. The maximum Gasteiger partial charge on any atom is 0.0575 e. The van der Waals surface area contributed by atoms with Crippen molar-refractivity contribution in [1.82, 2.24) is 0 Å². The van der Waals surface area contributed by atoms with Crippen LogP contribution in [0.4, 0.5) is 0 Å². The number of hydrogen-bond acceptors (Lipinski definition) is 1. The molecule has 0 aromatic rings. The molecule has 0 unspecified atom stereocenters. The van der Waals surface area contributed by atoms with Gasteiger partial charge in [0.05, 0.1) is 6.10 Å². The van der Waals surface area contributed by atoms with Gasteiger partial charge < -0.3 is 4.74 Å². The molecule has 1 heteroatoms. The molecule has 0 bridgehead atoms. The van der Waals surface area contributed by atoms with Gasteiger partial charge in [-0.1, -0.05) is 6.08 Å². The standard InChI is InChI=1S/C23H40O/c1-3-5-18-6-8-19(9-7-18)20-10-12-21(13-11-20)22-14-16-23(17-15-22)24-4-2/h3,18-23H,1,4-17H2,2H3. The molecule has 0 amide bonds. The van der Waals surface area contributed by atoms with Gasteiger partial charge in [-0.3, -0.25) is 0 Å². The van der Waals surface area contributed by atoms with Gasteiger partial charge in [0, 0.05) is 6.61 Å².